The molecule has 0 saturated heterocycles. The first-order valence-corrected chi connectivity index (χ1v) is 5.78. The molecule has 2 rings (SSSR count). The number of aromatic hydroxyl groups is 2. The van der Waals surface area contributed by atoms with E-state index in [1.54, 1.807) is 0 Å². The molecule has 0 atom stereocenters. The molecule has 0 aliphatic carbocycles. The third-order valence-corrected chi connectivity index (χ3v) is 2.92. The highest BCUT2D eigenvalue weighted by Gasteiger charge is 2.32. The van der Waals surface area contributed by atoms with E-state index >= 15 is 0 Å². The summed E-state index contributed by atoms with van der Waals surface area (Å²) in [5.41, 5.74) is 4.72. The lowest BCUT2D eigenvalue weighted by Crippen LogP contribution is -2.10. The molecule has 0 unspecified atom stereocenters. The molecule has 0 heterocycles. The smallest absolute Gasteiger partial charge is 0.416 e. The van der Waals surface area contributed by atoms with Crippen molar-refractivity contribution < 1.29 is 23.4 Å². The maximum absolute atomic E-state index is 12.7. The van der Waals surface area contributed by atoms with Gasteiger partial charge in [0, 0.05) is 11.1 Å². The molecule has 0 spiro atoms. The Morgan fingerprint density at radius 3 is 2.10 bits per heavy atom. The van der Waals surface area contributed by atoms with Gasteiger partial charge in [-0.05, 0) is 17.7 Å². The van der Waals surface area contributed by atoms with E-state index in [9.17, 15) is 23.4 Å². The van der Waals surface area contributed by atoms with Gasteiger partial charge >= 0.3 is 6.18 Å². The van der Waals surface area contributed by atoms with Gasteiger partial charge in [0.15, 0.2) is 11.5 Å². The van der Waals surface area contributed by atoms with Gasteiger partial charge in [-0.25, -0.2) is 0 Å². The molecule has 0 saturated carbocycles. The average molecular weight is 296 g/mol. The number of nitrogen functional groups attached to an aromatic ring is 1. The number of hydrogen-bond donors (Lipinski definition) is 4. The van der Waals surface area contributed by atoms with Crippen LogP contribution in [-0.2, 0) is 6.18 Å². The fourth-order valence-corrected chi connectivity index (χ4v) is 1.83. The maximum atomic E-state index is 12.7. The predicted octanol–water partition coefficient (Wildman–Crippen LogP) is 3.07. The number of rotatable bonds is 2. The van der Waals surface area contributed by atoms with E-state index in [0.717, 1.165) is 6.07 Å². The van der Waals surface area contributed by atoms with Crippen LogP contribution in [0.2, 0.25) is 0 Å². The molecule has 21 heavy (non-hydrogen) atoms. The minimum Gasteiger partial charge on any atom is -0.504 e. The van der Waals surface area contributed by atoms with Gasteiger partial charge in [-0.15, -0.1) is 0 Å². The van der Waals surface area contributed by atoms with E-state index in [1.165, 1.54) is 24.3 Å². The van der Waals surface area contributed by atoms with E-state index in [2.05, 4.69) is 0 Å². The van der Waals surface area contributed by atoms with Crippen molar-refractivity contribution in [3.8, 4) is 22.6 Å². The SMILES string of the molecule is N=C(N)c1ccc(-c2cc(C(F)(F)F)cc(O)c2O)cc1. The Hall–Kier alpha value is -2.70. The van der Waals surface area contributed by atoms with Crippen LogP contribution < -0.4 is 5.73 Å². The van der Waals surface area contributed by atoms with Crippen LogP contribution in [0, 0.1) is 5.41 Å². The van der Waals surface area contributed by atoms with Crippen molar-refractivity contribution in [2.45, 2.75) is 6.18 Å². The number of alkyl halides is 3. The van der Waals surface area contributed by atoms with E-state index in [1.807, 2.05) is 0 Å². The zero-order chi connectivity index (χ0) is 15.8. The molecule has 7 heteroatoms. The minimum absolute atomic E-state index is 0.155. The minimum atomic E-state index is -4.64. The second-order valence-electron chi connectivity index (χ2n) is 4.38. The summed E-state index contributed by atoms with van der Waals surface area (Å²) in [5.74, 6) is -1.67. The quantitative estimate of drug-likeness (QED) is 0.390. The Morgan fingerprint density at radius 1 is 1.05 bits per heavy atom. The molecule has 0 fully saturated rings. The predicted molar refractivity (Wildman–Crippen MR) is 71.2 cm³/mol. The van der Waals surface area contributed by atoms with Crippen molar-refractivity contribution in [1.82, 2.24) is 0 Å². The lowest BCUT2D eigenvalue weighted by Gasteiger charge is -2.12. The summed E-state index contributed by atoms with van der Waals surface area (Å²) in [5, 5.41) is 26.4. The van der Waals surface area contributed by atoms with Gasteiger partial charge in [0.25, 0.3) is 0 Å². The summed E-state index contributed by atoms with van der Waals surface area (Å²) in [7, 11) is 0. The van der Waals surface area contributed by atoms with Crippen LogP contribution in [-0.4, -0.2) is 16.0 Å². The van der Waals surface area contributed by atoms with Crippen LogP contribution in [0.1, 0.15) is 11.1 Å². The summed E-state index contributed by atoms with van der Waals surface area (Å²) in [6, 6.07) is 6.90. The molecular formula is C14H11F3N2O2. The molecular weight excluding hydrogens is 285 g/mol. The number of halogens is 3. The van der Waals surface area contributed by atoms with Crippen LogP contribution >= 0.6 is 0 Å². The second-order valence-corrected chi connectivity index (χ2v) is 4.38. The Bertz CT molecular complexity index is 695. The number of phenols is 2. The van der Waals surface area contributed by atoms with Gasteiger partial charge in [0.1, 0.15) is 5.84 Å². The third-order valence-electron chi connectivity index (χ3n) is 2.92. The summed E-state index contributed by atoms with van der Waals surface area (Å²) in [6.07, 6.45) is -4.64. The van der Waals surface area contributed by atoms with Gasteiger partial charge in [0.2, 0.25) is 0 Å². The Morgan fingerprint density at radius 2 is 1.62 bits per heavy atom. The molecule has 0 aromatic heterocycles. The highest BCUT2D eigenvalue weighted by Crippen LogP contribution is 2.42. The van der Waals surface area contributed by atoms with Crippen LogP contribution in [0.3, 0.4) is 0 Å². The molecule has 0 aliphatic rings. The molecule has 0 radical (unpaired) electrons. The van der Waals surface area contributed by atoms with Gasteiger partial charge in [-0.2, -0.15) is 13.2 Å². The highest BCUT2D eigenvalue weighted by molar-refractivity contribution is 5.95. The first-order valence-electron chi connectivity index (χ1n) is 5.78. The zero-order valence-corrected chi connectivity index (χ0v) is 10.6. The Kier molecular flexibility index (Phi) is 3.51. The molecule has 5 N–H and O–H groups in total. The molecule has 110 valence electrons. The van der Waals surface area contributed by atoms with Gasteiger partial charge in [-0.3, -0.25) is 5.41 Å². The van der Waals surface area contributed by atoms with Crippen molar-refractivity contribution in [3.05, 3.63) is 47.5 Å². The van der Waals surface area contributed by atoms with E-state index in [0.29, 0.717) is 11.6 Å². The molecule has 4 nitrogen and oxygen atoms in total. The van der Waals surface area contributed by atoms with Crippen molar-refractivity contribution in [2.75, 3.05) is 0 Å². The molecule has 2 aromatic rings. The molecule has 0 aliphatic heterocycles. The number of hydrogen-bond acceptors (Lipinski definition) is 3. The summed E-state index contributed by atoms with van der Waals surface area (Å²) in [4.78, 5) is 0. The standard InChI is InChI=1S/C14H11F3N2O2/c15-14(16,17)9-5-10(12(21)11(20)6-9)7-1-3-8(4-2-7)13(18)19/h1-6,20-21H,(H3,18,19). The van der Waals surface area contributed by atoms with Crippen molar-refractivity contribution in [2.24, 2.45) is 5.73 Å². The van der Waals surface area contributed by atoms with E-state index in [4.69, 9.17) is 11.1 Å². The van der Waals surface area contributed by atoms with Crippen molar-refractivity contribution in [1.29, 1.82) is 5.41 Å². The van der Waals surface area contributed by atoms with Crippen molar-refractivity contribution >= 4 is 5.84 Å². The number of phenolic OH excluding ortho intramolecular Hbond substituents is 2. The van der Waals surface area contributed by atoms with Crippen LogP contribution in [0.4, 0.5) is 13.2 Å². The summed E-state index contributed by atoms with van der Waals surface area (Å²) in [6.45, 7) is 0. The maximum Gasteiger partial charge on any atom is 0.416 e. The molecule has 0 bridgehead atoms. The Labute approximate surface area is 117 Å². The fourth-order valence-electron chi connectivity index (χ4n) is 1.83. The van der Waals surface area contributed by atoms with E-state index in [-0.39, 0.29) is 17.0 Å². The normalized spacial score (nSPS) is 11.4. The lowest BCUT2D eigenvalue weighted by molar-refractivity contribution is -0.137. The largest absolute Gasteiger partial charge is 0.504 e. The average Bonchev–Trinajstić information content (AvgIpc) is 2.40. The van der Waals surface area contributed by atoms with Crippen LogP contribution in [0.25, 0.3) is 11.1 Å². The van der Waals surface area contributed by atoms with Gasteiger partial charge in [-0.1, -0.05) is 24.3 Å². The van der Waals surface area contributed by atoms with Crippen LogP contribution in [0.5, 0.6) is 11.5 Å². The van der Waals surface area contributed by atoms with Gasteiger partial charge < -0.3 is 15.9 Å². The van der Waals surface area contributed by atoms with Gasteiger partial charge in [0.05, 0.1) is 5.56 Å². The van der Waals surface area contributed by atoms with Crippen LogP contribution in [0.15, 0.2) is 36.4 Å². The lowest BCUT2D eigenvalue weighted by atomic mass is 9.99. The zero-order valence-electron chi connectivity index (χ0n) is 10.6. The topological polar surface area (TPSA) is 90.3 Å². The number of amidine groups is 1. The molecule has 2 aromatic carbocycles. The highest BCUT2D eigenvalue weighted by atomic mass is 19.4. The number of benzene rings is 2. The third kappa shape index (κ3) is 2.91. The monoisotopic (exact) mass is 296 g/mol. The summed E-state index contributed by atoms with van der Waals surface area (Å²) < 4.78 is 38.2. The second kappa shape index (κ2) is 5.01. The number of nitrogens with one attached hydrogen (secondary N) is 1. The number of nitrogens with two attached hydrogens (primary N) is 1. The van der Waals surface area contributed by atoms with Crippen molar-refractivity contribution in [3.63, 3.8) is 0 Å². The first kappa shape index (κ1) is 14.7. The summed E-state index contributed by atoms with van der Waals surface area (Å²) >= 11 is 0. The van der Waals surface area contributed by atoms with E-state index < -0.39 is 23.2 Å². The first-order chi connectivity index (χ1) is 9.70. The molecule has 0 amide bonds. The fraction of sp³-hybridized carbons (Fsp3) is 0.0714. The Balaban J connectivity index is 2.57.